The molecule has 2 nitrogen and oxygen atoms in total. The number of H-pyrrole nitrogens is 1. The number of nitrogens with one attached hydrogen (secondary N) is 1. The molecule has 6 heteroatoms. The fourth-order valence-corrected chi connectivity index (χ4v) is 1.69. The van der Waals surface area contributed by atoms with Gasteiger partial charge in [0.05, 0.1) is 5.56 Å². The summed E-state index contributed by atoms with van der Waals surface area (Å²) in [6.07, 6.45) is -3.46. The van der Waals surface area contributed by atoms with Gasteiger partial charge in [0.15, 0.2) is 0 Å². The van der Waals surface area contributed by atoms with E-state index >= 15 is 0 Å². The molecule has 0 unspecified atom stereocenters. The summed E-state index contributed by atoms with van der Waals surface area (Å²) in [5, 5.41) is 0. The molecule has 1 N–H and O–H groups in total. The smallest absolute Gasteiger partial charge is 0.328 e. The maximum absolute atomic E-state index is 13.1. The lowest BCUT2D eigenvalue weighted by Crippen LogP contribution is -2.09. The van der Waals surface area contributed by atoms with Gasteiger partial charge in [-0.1, -0.05) is 6.07 Å². The molecule has 0 atom stereocenters. The molecule has 0 aliphatic heterocycles. The van der Waals surface area contributed by atoms with Gasteiger partial charge in [-0.25, -0.2) is 4.39 Å². The normalized spacial score (nSPS) is 11.6. The summed E-state index contributed by atoms with van der Waals surface area (Å²) in [4.78, 5) is 13.6. The van der Waals surface area contributed by atoms with Crippen molar-refractivity contribution in [3.8, 4) is 11.1 Å². The van der Waals surface area contributed by atoms with Gasteiger partial charge in [0, 0.05) is 11.8 Å². The van der Waals surface area contributed by atoms with Crippen LogP contribution in [0.1, 0.15) is 11.1 Å². The van der Waals surface area contributed by atoms with Crippen LogP contribution in [0, 0.1) is 12.7 Å². The van der Waals surface area contributed by atoms with Gasteiger partial charge in [0.2, 0.25) is 0 Å². The van der Waals surface area contributed by atoms with Gasteiger partial charge in [0.25, 0.3) is 5.56 Å². The fraction of sp³-hybridized carbons (Fsp3) is 0.154. The third-order valence-electron chi connectivity index (χ3n) is 2.69. The molecule has 2 rings (SSSR count). The highest BCUT2D eigenvalue weighted by atomic mass is 19.4. The molecule has 0 saturated carbocycles. The predicted octanol–water partition coefficient (Wildman–Crippen LogP) is 3.51. The molecule has 100 valence electrons. The van der Waals surface area contributed by atoms with Gasteiger partial charge in [-0.2, -0.15) is 13.2 Å². The van der Waals surface area contributed by atoms with Gasteiger partial charge in [-0.3, -0.25) is 4.79 Å². The molecular weight excluding hydrogens is 262 g/mol. The molecule has 0 spiro atoms. The summed E-state index contributed by atoms with van der Waals surface area (Å²) < 4.78 is 50.9. The Morgan fingerprint density at radius 2 is 1.79 bits per heavy atom. The van der Waals surface area contributed by atoms with Crippen molar-refractivity contribution in [3.63, 3.8) is 0 Å². The van der Waals surface area contributed by atoms with E-state index in [2.05, 4.69) is 4.98 Å². The Kier molecular flexibility index (Phi) is 3.18. The number of hydrogen-bond donors (Lipinski definition) is 1. The summed E-state index contributed by atoms with van der Waals surface area (Å²) in [6.45, 7) is 1.54. The fourth-order valence-electron chi connectivity index (χ4n) is 1.69. The highest BCUT2D eigenvalue weighted by Crippen LogP contribution is 2.34. The molecule has 2 aromatic rings. The van der Waals surface area contributed by atoms with Gasteiger partial charge in [0.1, 0.15) is 5.82 Å². The summed E-state index contributed by atoms with van der Waals surface area (Å²) >= 11 is 0. The molecule has 1 heterocycles. The zero-order chi connectivity index (χ0) is 14.2. The SMILES string of the molecule is Cc1cc(-c2ccc(F)c(C(F)(F)F)c2)c[nH]c1=O. The van der Waals surface area contributed by atoms with E-state index in [1.54, 1.807) is 0 Å². The zero-order valence-corrected chi connectivity index (χ0v) is 9.81. The molecular formula is C13H9F4NO. The summed E-state index contributed by atoms with van der Waals surface area (Å²) in [5.74, 6) is -1.32. The van der Waals surface area contributed by atoms with E-state index in [-0.39, 0.29) is 11.1 Å². The number of pyridine rings is 1. The van der Waals surface area contributed by atoms with Crippen molar-refractivity contribution < 1.29 is 17.6 Å². The Morgan fingerprint density at radius 1 is 1.11 bits per heavy atom. The van der Waals surface area contributed by atoms with Crippen LogP contribution in [0.15, 0.2) is 35.3 Å². The van der Waals surface area contributed by atoms with Crippen LogP contribution in [0.25, 0.3) is 11.1 Å². The minimum absolute atomic E-state index is 0.188. The monoisotopic (exact) mass is 271 g/mol. The lowest BCUT2D eigenvalue weighted by Gasteiger charge is -2.10. The Balaban J connectivity index is 2.57. The minimum atomic E-state index is -4.75. The minimum Gasteiger partial charge on any atom is -0.328 e. The maximum atomic E-state index is 13.1. The molecule has 0 fully saturated rings. The summed E-state index contributed by atoms with van der Waals surface area (Å²) in [7, 11) is 0. The van der Waals surface area contributed by atoms with Crippen LogP contribution in [0.2, 0.25) is 0 Å². The molecule has 0 radical (unpaired) electrons. The number of alkyl halides is 3. The average Bonchev–Trinajstić information content (AvgIpc) is 2.32. The number of aromatic amines is 1. The maximum Gasteiger partial charge on any atom is 0.419 e. The van der Waals surface area contributed by atoms with Crippen molar-refractivity contribution in [1.82, 2.24) is 4.98 Å². The predicted molar refractivity (Wildman–Crippen MR) is 62.2 cm³/mol. The Labute approximate surface area is 105 Å². The summed E-state index contributed by atoms with van der Waals surface area (Å²) in [5.41, 5.74) is -0.693. The van der Waals surface area contributed by atoms with Crippen molar-refractivity contribution in [2.45, 2.75) is 13.1 Å². The number of hydrogen-bond acceptors (Lipinski definition) is 1. The molecule has 1 aromatic carbocycles. The number of halogens is 4. The lowest BCUT2D eigenvalue weighted by atomic mass is 10.0. The quantitative estimate of drug-likeness (QED) is 0.791. The Hall–Kier alpha value is -2.11. The largest absolute Gasteiger partial charge is 0.419 e. The molecule has 19 heavy (non-hydrogen) atoms. The van der Waals surface area contributed by atoms with Crippen molar-refractivity contribution >= 4 is 0 Å². The van der Waals surface area contributed by atoms with Crippen molar-refractivity contribution in [3.05, 3.63) is 57.8 Å². The van der Waals surface area contributed by atoms with E-state index in [4.69, 9.17) is 0 Å². The van der Waals surface area contributed by atoms with E-state index in [1.807, 2.05) is 0 Å². The highest BCUT2D eigenvalue weighted by Gasteiger charge is 2.34. The van der Waals surface area contributed by atoms with Crippen LogP contribution >= 0.6 is 0 Å². The zero-order valence-electron chi connectivity index (χ0n) is 9.81. The van der Waals surface area contributed by atoms with Gasteiger partial charge < -0.3 is 4.98 Å². The van der Waals surface area contributed by atoms with Crippen LogP contribution in [0.5, 0.6) is 0 Å². The standard InChI is InChI=1S/C13H9F4NO/c1-7-4-9(6-18-12(7)19)8-2-3-11(14)10(5-8)13(15,16)17/h2-6H,1H3,(H,18,19). The Morgan fingerprint density at radius 3 is 2.37 bits per heavy atom. The third kappa shape index (κ3) is 2.67. The molecule has 0 saturated heterocycles. The van der Waals surface area contributed by atoms with Crippen molar-refractivity contribution in [1.29, 1.82) is 0 Å². The molecule has 0 bridgehead atoms. The highest BCUT2D eigenvalue weighted by molar-refractivity contribution is 5.64. The van der Waals surface area contributed by atoms with Crippen LogP contribution in [-0.2, 0) is 6.18 Å². The number of aryl methyl sites for hydroxylation is 1. The van der Waals surface area contributed by atoms with Gasteiger partial charge >= 0.3 is 6.18 Å². The molecule has 1 aromatic heterocycles. The molecule has 0 amide bonds. The second kappa shape index (κ2) is 4.53. The average molecular weight is 271 g/mol. The van der Waals surface area contributed by atoms with E-state index in [0.717, 1.165) is 12.1 Å². The Bertz CT molecular complexity index is 673. The van der Waals surface area contributed by atoms with E-state index in [9.17, 15) is 22.4 Å². The first-order valence-electron chi connectivity index (χ1n) is 5.35. The van der Waals surface area contributed by atoms with Gasteiger partial charge in [-0.05, 0) is 36.2 Å². The molecule has 0 aliphatic rings. The van der Waals surface area contributed by atoms with E-state index in [0.29, 0.717) is 11.1 Å². The van der Waals surface area contributed by atoms with E-state index < -0.39 is 17.6 Å². The first kappa shape index (κ1) is 13.3. The van der Waals surface area contributed by atoms with Crippen molar-refractivity contribution in [2.24, 2.45) is 0 Å². The second-order valence-electron chi connectivity index (χ2n) is 4.09. The van der Waals surface area contributed by atoms with E-state index in [1.165, 1.54) is 25.3 Å². The third-order valence-corrected chi connectivity index (χ3v) is 2.69. The summed E-state index contributed by atoms with van der Waals surface area (Å²) in [6, 6.07) is 4.17. The first-order chi connectivity index (χ1) is 8.79. The van der Waals surface area contributed by atoms with Crippen molar-refractivity contribution in [2.75, 3.05) is 0 Å². The van der Waals surface area contributed by atoms with Gasteiger partial charge in [-0.15, -0.1) is 0 Å². The topological polar surface area (TPSA) is 32.9 Å². The first-order valence-corrected chi connectivity index (χ1v) is 5.35. The van der Waals surface area contributed by atoms with Crippen LogP contribution in [0.4, 0.5) is 17.6 Å². The number of benzene rings is 1. The van der Waals surface area contributed by atoms with Crippen LogP contribution < -0.4 is 5.56 Å². The molecule has 0 aliphatic carbocycles. The number of aromatic nitrogens is 1. The van der Waals surface area contributed by atoms with Crippen LogP contribution in [0.3, 0.4) is 0 Å². The second-order valence-corrected chi connectivity index (χ2v) is 4.09. The number of rotatable bonds is 1. The van der Waals surface area contributed by atoms with Crippen LogP contribution in [-0.4, -0.2) is 4.98 Å². The lowest BCUT2D eigenvalue weighted by molar-refractivity contribution is -0.139.